The zero-order valence-corrected chi connectivity index (χ0v) is 8.05. The molecule has 1 heterocycles. The first-order valence-corrected chi connectivity index (χ1v) is 4.22. The van der Waals surface area contributed by atoms with Crippen LogP contribution in [0, 0.1) is 0 Å². The quantitative estimate of drug-likeness (QED) is 0.500. The Morgan fingerprint density at radius 2 is 1.36 bits per heavy atom. The van der Waals surface area contributed by atoms with E-state index in [1.165, 1.54) is 0 Å². The standard InChI is InChI=1S/C8H17BO2/c1-6-7(2)11-9(10-6)8(3,4)5/h6-7H,1-5H3/t6-,7-/m0/s1. The molecule has 1 aliphatic rings. The molecule has 11 heavy (non-hydrogen) atoms. The molecule has 0 aliphatic carbocycles. The summed E-state index contributed by atoms with van der Waals surface area (Å²) in [6.07, 6.45) is 0.471. The van der Waals surface area contributed by atoms with Crippen LogP contribution in [0.2, 0.25) is 5.31 Å². The summed E-state index contributed by atoms with van der Waals surface area (Å²) in [7, 11) is -0.0347. The lowest BCUT2D eigenvalue weighted by Gasteiger charge is -2.20. The van der Waals surface area contributed by atoms with Gasteiger partial charge < -0.3 is 9.31 Å². The Morgan fingerprint density at radius 3 is 1.55 bits per heavy atom. The molecule has 0 aromatic carbocycles. The Balaban J connectivity index is 2.54. The van der Waals surface area contributed by atoms with Crippen LogP contribution >= 0.6 is 0 Å². The van der Waals surface area contributed by atoms with Crippen molar-refractivity contribution in [3.8, 4) is 0 Å². The molecular formula is C8H17BO2. The highest BCUT2D eigenvalue weighted by atomic mass is 16.7. The summed E-state index contributed by atoms with van der Waals surface area (Å²) in [5.41, 5.74) is 0. The highest BCUT2D eigenvalue weighted by Gasteiger charge is 2.42. The normalized spacial score (nSPS) is 33.0. The van der Waals surface area contributed by atoms with Crippen LogP contribution in [-0.4, -0.2) is 19.3 Å². The number of rotatable bonds is 0. The van der Waals surface area contributed by atoms with E-state index < -0.39 is 0 Å². The van der Waals surface area contributed by atoms with E-state index in [1.54, 1.807) is 0 Å². The summed E-state index contributed by atoms with van der Waals surface area (Å²) in [6.45, 7) is 10.5. The van der Waals surface area contributed by atoms with Crippen LogP contribution in [0.4, 0.5) is 0 Å². The van der Waals surface area contributed by atoms with Crippen LogP contribution in [-0.2, 0) is 9.31 Å². The van der Waals surface area contributed by atoms with Gasteiger partial charge in [-0.25, -0.2) is 0 Å². The Morgan fingerprint density at radius 1 is 1.00 bits per heavy atom. The molecule has 64 valence electrons. The zero-order chi connectivity index (χ0) is 8.65. The minimum atomic E-state index is -0.0347. The summed E-state index contributed by atoms with van der Waals surface area (Å²) in [5, 5.41) is 0.0962. The summed E-state index contributed by atoms with van der Waals surface area (Å²) >= 11 is 0. The maximum Gasteiger partial charge on any atom is 0.463 e. The molecule has 1 saturated heterocycles. The monoisotopic (exact) mass is 156 g/mol. The van der Waals surface area contributed by atoms with Crippen LogP contribution in [0.5, 0.6) is 0 Å². The lowest BCUT2D eigenvalue weighted by atomic mass is 9.61. The van der Waals surface area contributed by atoms with Crippen LogP contribution < -0.4 is 0 Å². The zero-order valence-electron chi connectivity index (χ0n) is 8.05. The fraction of sp³-hybridized carbons (Fsp3) is 1.00. The predicted molar refractivity (Wildman–Crippen MR) is 46.6 cm³/mol. The summed E-state index contributed by atoms with van der Waals surface area (Å²) in [5.74, 6) is 0. The first-order chi connectivity index (χ1) is 4.91. The Labute approximate surface area is 69.4 Å². The van der Waals surface area contributed by atoms with Gasteiger partial charge in [0.05, 0.1) is 12.2 Å². The van der Waals surface area contributed by atoms with Gasteiger partial charge in [-0.1, -0.05) is 20.8 Å². The van der Waals surface area contributed by atoms with Crippen molar-refractivity contribution in [1.82, 2.24) is 0 Å². The first-order valence-electron chi connectivity index (χ1n) is 4.22. The van der Waals surface area contributed by atoms with Gasteiger partial charge in [-0.3, -0.25) is 0 Å². The van der Waals surface area contributed by atoms with E-state index in [4.69, 9.17) is 9.31 Å². The maximum absolute atomic E-state index is 5.62. The molecule has 2 atom stereocenters. The molecule has 1 fully saturated rings. The maximum atomic E-state index is 5.62. The van der Waals surface area contributed by atoms with Crippen LogP contribution in [0.3, 0.4) is 0 Å². The van der Waals surface area contributed by atoms with Crippen molar-refractivity contribution in [3.05, 3.63) is 0 Å². The molecule has 0 unspecified atom stereocenters. The molecule has 0 amide bonds. The SMILES string of the molecule is C[C@@H]1OB(C(C)(C)C)O[C@H]1C. The second-order valence-electron chi connectivity index (χ2n) is 4.38. The Kier molecular flexibility index (Phi) is 2.31. The van der Waals surface area contributed by atoms with Gasteiger partial charge >= 0.3 is 7.12 Å². The smallest absolute Gasteiger partial charge is 0.406 e. The van der Waals surface area contributed by atoms with Crippen molar-refractivity contribution < 1.29 is 9.31 Å². The van der Waals surface area contributed by atoms with E-state index in [1.807, 2.05) is 0 Å². The van der Waals surface area contributed by atoms with E-state index in [-0.39, 0.29) is 24.6 Å². The van der Waals surface area contributed by atoms with Gasteiger partial charge in [0.15, 0.2) is 0 Å². The van der Waals surface area contributed by atoms with Crippen LogP contribution in [0.1, 0.15) is 34.6 Å². The molecule has 0 bridgehead atoms. The van der Waals surface area contributed by atoms with Gasteiger partial charge in [-0.15, -0.1) is 0 Å². The van der Waals surface area contributed by atoms with Gasteiger partial charge in [-0.2, -0.15) is 0 Å². The van der Waals surface area contributed by atoms with Gasteiger partial charge in [0.2, 0.25) is 0 Å². The fourth-order valence-corrected chi connectivity index (χ4v) is 1.05. The van der Waals surface area contributed by atoms with Crippen molar-refractivity contribution in [3.63, 3.8) is 0 Å². The largest absolute Gasteiger partial charge is 0.463 e. The lowest BCUT2D eigenvalue weighted by Crippen LogP contribution is -2.27. The molecular weight excluding hydrogens is 139 g/mol. The van der Waals surface area contributed by atoms with E-state index in [9.17, 15) is 0 Å². The Hall–Kier alpha value is -0.0151. The minimum absolute atomic E-state index is 0.0347. The van der Waals surface area contributed by atoms with E-state index in [0.29, 0.717) is 0 Å². The molecule has 3 heteroatoms. The molecule has 0 aromatic rings. The summed E-state index contributed by atoms with van der Waals surface area (Å²) in [4.78, 5) is 0. The summed E-state index contributed by atoms with van der Waals surface area (Å²) < 4.78 is 11.2. The van der Waals surface area contributed by atoms with Gasteiger partial charge in [0.1, 0.15) is 0 Å². The molecule has 0 N–H and O–H groups in total. The van der Waals surface area contributed by atoms with E-state index in [0.717, 1.165) is 0 Å². The van der Waals surface area contributed by atoms with Gasteiger partial charge in [-0.05, 0) is 19.2 Å². The highest BCUT2D eigenvalue weighted by molar-refractivity contribution is 6.48. The first kappa shape index (κ1) is 9.08. The van der Waals surface area contributed by atoms with Crippen molar-refractivity contribution in [2.75, 3.05) is 0 Å². The molecule has 0 saturated carbocycles. The second-order valence-corrected chi connectivity index (χ2v) is 4.38. The third kappa shape index (κ3) is 1.97. The lowest BCUT2D eigenvalue weighted by molar-refractivity contribution is 0.187. The minimum Gasteiger partial charge on any atom is -0.406 e. The number of hydrogen-bond acceptors (Lipinski definition) is 2. The van der Waals surface area contributed by atoms with Gasteiger partial charge in [0.25, 0.3) is 0 Å². The second kappa shape index (κ2) is 2.79. The predicted octanol–water partition coefficient (Wildman–Crippen LogP) is 2.10. The number of hydrogen-bond donors (Lipinski definition) is 0. The van der Waals surface area contributed by atoms with Crippen molar-refractivity contribution in [1.29, 1.82) is 0 Å². The topological polar surface area (TPSA) is 18.5 Å². The molecule has 0 radical (unpaired) electrons. The van der Waals surface area contributed by atoms with E-state index >= 15 is 0 Å². The third-order valence-corrected chi connectivity index (χ3v) is 2.04. The molecule has 1 aliphatic heterocycles. The highest BCUT2D eigenvalue weighted by Crippen LogP contribution is 2.34. The van der Waals surface area contributed by atoms with Crippen LogP contribution in [0.15, 0.2) is 0 Å². The van der Waals surface area contributed by atoms with Crippen LogP contribution in [0.25, 0.3) is 0 Å². The molecule has 0 spiro atoms. The third-order valence-electron chi connectivity index (χ3n) is 2.04. The molecule has 0 aromatic heterocycles. The van der Waals surface area contributed by atoms with Crippen molar-refractivity contribution in [2.24, 2.45) is 0 Å². The average Bonchev–Trinajstić information content (AvgIpc) is 2.11. The molecule has 2 nitrogen and oxygen atoms in total. The fourth-order valence-electron chi connectivity index (χ4n) is 1.05. The Bertz CT molecular complexity index is 132. The van der Waals surface area contributed by atoms with Gasteiger partial charge in [0, 0.05) is 0 Å². The summed E-state index contributed by atoms with van der Waals surface area (Å²) in [6, 6.07) is 0. The van der Waals surface area contributed by atoms with Crippen molar-refractivity contribution >= 4 is 7.12 Å². The van der Waals surface area contributed by atoms with E-state index in [2.05, 4.69) is 34.6 Å². The average molecular weight is 156 g/mol. The van der Waals surface area contributed by atoms with Crippen molar-refractivity contribution in [2.45, 2.75) is 52.1 Å². The molecule has 1 rings (SSSR count).